The summed E-state index contributed by atoms with van der Waals surface area (Å²) in [5.41, 5.74) is 2.45. The highest BCUT2D eigenvalue weighted by molar-refractivity contribution is 7.97. The monoisotopic (exact) mass is 332 g/mol. The fraction of sp³-hybridized carbons (Fsp3) is 0.294. The van der Waals surface area contributed by atoms with Crippen LogP contribution in [0, 0.1) is 0 Å². The van der Waals surface area contributed by atoms with Gasteiger partial charge in [-0.05, 0) is 30.0 Å². The highest BCUT2D eigenvalue weighted by Crippen LogP contribution is 2.14. The SMILES string of the molecule is COCCOc1ccc(NC(=O)c2ccc(CSC)cc2)cn1. The van der Waals surface area contributed by atoms with Crippen molar-refractivity contribution < 1.29 is 14.3 Å². The van der Waals surface area contributed by atoms with Gasteiger partial charge < -0.3 is 14.8 Å². The van der Waals surface area contributed by atoms with Gasteiger partial charge >= 0.3 is 0 Å². The van der Waals surface area contributed by atoms with Crippen LogP contribution in [0.25, 0.3) is 0 Å². The zero-order valence-electron chi connectivity index (χ0n) is 13.2. The molecule has 0 unspecified atom stereocenters. The quantitative estimate of drug-likeness (QED) is 0.752. The molecule has 1 amide bonds. The molecule has 0 saturated carbocycles. The van der Waals surface area contributed by atoms with Crippen LogP contribution in [0.5, 0.6) is 5.88 Å². The Morgan fingerprint density at radius 3 is 2.57 bits per heavy atom. The van der Waals surface area contributed by atoms with Crippen molar-refractivity contribution in [2.45, 2.75) is 5.75 Å². The largest absolute Gasteiger partial charge is 0.475 e. The lowest BCUT2D eigenvalue weighted by molar-refractivity contribution is 0.102. The number of hydrogen-bond donors (Lipinski definition) is 1. The van der Waals surface area contributed by atoms with Gasteiger partial charge in [0.15, 0.2) is 0 Å². The molecule has 23 heavy (non-hydrogen) atoms. The average molecular weight is 332 g/mol. The maximum Gasteiger partial charge on any atom is 0.255 e. The molecule has 0 aliphatic heterocycles. The number of pyridine rings is 1. The molecule has 0 saturated heterocycles. The van der Waals surface area contributed by atoms with Crippen LogP contribution in [0.1, 0.15) is 15.9 Å². The summed E-state index contributed by atoms with van der Waals surface area (Å²) in [6.45, 7) is 0.949. The van der Waals surface area contributed by atoms with Crippen LogP contribution >= 0.6 is 11.8 Å². The van der Waals surface area contributed by atoms with Gasteiger partial charge in [-0.3, -0.25) is 4.79 Å². The number of methoxy groups -OCH3 is 1. The van der Waals surface area contributed by atoms with E-state index in [0.717, 1.165) is 5.75 Å². The van der Waals surface area contributed by atoms with Crippen molar-refractivity contribution >= 4 is 23.4 Å². The molecule has 0 radical (unpaired) electrons. The van der Waals surface area contributed by atoms with Gasteiger partial charge in [0, 0.05) is 24.5 Å². The Morgan fingerprint density at radius 2 is 1.96 bits per heavy atom. The van der Waals surface area contributed by atoms with Crippen molar-refractivity contribution in [1.29, 1.82) is 0 Å². The first-order valence-corrected chi connectivity index (χ1v) is 8.59. The summed E-state index contributed by atoms with van der Waals surface area (Å²) in [5, 5.41) is 2.82. The normalized spacial score (nSPS) is 10.3. The molecule has 2 aromatic rings. The average Bonchev–Trinajstić information content (AvgIpc) is 2.57. The highest BCUT2D eigenvalue weighted by Gasteiger charge is 2.06. The van der Waals surface area contributed by atoms with Gasteiger partial charge in [0.1, 0.15) is 6.61 Å². The van der Waals surface area contributed by atoms with Gasteiger partial charge in [0.25, 0.3) is 5.91 Å². The van der Waals surface area contributed by atoms with Crippen molar-refractivity contribution in [2.24, 2.45) is 0 Å². The van der Waals surface area contributed by atoms with Crippen molar-refractivity contribution in [2.75, 3.05) is 31.9 Å². The number of aromatic nitrogens is 1. The third-order valence-corrected chi connectivity index (χ3v) is 3.68. The Morgan fingerprint density at radius 1 is 1.17 bits per heavy atom. The van der Waals surface area contributed by atoms with Crippen LogP contribution < -0.4 is 10.1 Å². The minimum Gasteiger partial charge on any atom is -0.475 e. The molecule has 0 spiro atoms. The molecule has 1 aromatic heterocycles. The predicted octanol–water partition coefficient (Wildman–Crippen LogP) is 3.22. The molecule has 2 rings (SSSR count). The Balaban J connectivity index is 1.91. The van der Waals surface area contributed by atoms with Gasteiger partial charge in [-0.1, -0.05) is 12.1 Å². The third-order valence-electron chi connectivity index (χ3n) is 3.06. The summed E-state index contributed by atoms with van der Waals surface area (Å²) in [6.07, 6.45) is 3.62. The van der Waals surface area contributed by atoms with E-state index in [4.69, 9.17) is 9.47 Å². The summed E-state index contributed by atoms with van der Waals surface area (Å²) < 4.78 is 10.3. The molecule has 5 nitrogen and oxygen atoms in total. The Bertz CT molecular complexity index is 615. The Kier molecular flexibility index (Phi) is 6.90. The molecule has 0 atom stereocenters. The summed E-state index contributed by atoms with van der Waals surface area (Å²) in [5.74, 6) is 1.29. The number of benzene rings is 1. The lowest BCUT2D eigenvalue weighted by Gasteiger charge is -2.07. The zero-order valence-corrected chi connectivity index (χ0v) is 14.1. The van der Waals surface area contributed by atoms with Gasteiger partial charge in [-0.25, -0.2) is 4.98 Å². The van der Waals surface area contributed by atoms with E-state index in [1.54, 1.807) is 37.2 Å². The number of nitrogens with zero attached hydrogens (tertiary/aromatic N) is 1. The minimum atomic E-state index is -0.157. The lowest BCUT2D eigenvalue weighted by Crippen LogP contribution is -2.12. The Labute approximate surface area is 140 Å². The lowest BCUT2D eigenvalue weighted by atomic mass is 10.1. The first-order valence-electron chi connectivity index (χ1n) is 7.20. The van der Waals surface area contributed by atoms with Crippen molar-refractivity contribution in [3.63, 3.8) is 0 Å². The second kappa shape index (κ2) is 9.17. The molecular formula is C17H20N2O3S. The smallest absolute Gasteiger partial charge is 0.255 e. The van der Waals surface area contributed by atoms with Crippen molar-refractivity contribution in [3.05, 3.63) is 53.7 Å². The minimum absolute atomic E-state index is 0.157. The van der Waals surface area contributed by atoms with Crippen LogP contribution in [0.3, 0.4) is 0 Å². The summed E-state index contributed by atoms with van der Waals surface area (Å²) in [7, 11) is 1.61. The number of rotatable bonds is 8. The van der Waals surface area contributed by atoms with E-state index in [0.29, 0.717) is 30.3 Å². The molecule has 1 N–H and O–H groups in total. The second-order valence-corrected chi connectivity index (χ2v) is 5.68. The second-order valence-electron chi connectivity index (χ2n) is 4.81. The first-order chi connectivity index (χ1) is 11.2. The number of carbonyl (C=O) groups is 1. The number of nitrogens with one attached hydrogen (secondary N) is 1. The highest BCUT2D eigenvalue weighted by atomic mass is 32.2. The molecule has 122 valence electrons. The maximum absolute atomic E-state index is 12.2. The van der Waals surface area contributed by atoms with E-state index in [-0.39, 0.29) is 5.91 Å². The van der Waals surface area contributed by atoms with Crippen molar-refractivity contribution in [3.8, 4) is 5.88 Å². The number of amides is 1. The molecule has 0 bridgehead atoms. The fourth-order valence-corrected chi connectivity index (χ4v) is 2.42. The predicted molar refractivity (Wildman–Crippen MR) is 93.2 cm³/mol. The number of anilines is 1. The topological polar surface area (TPSA) is 60.5 Å². The summed E-state index contributed by atoms with van der Waals surface area (Å²) >= 11 is 1.75. The molecular weight excluding hydrogens is 312 g/mol. The van der Waals surface area contributed by atoms with E-state index in [1.165, 1.54) is 5.56 Å². The number of ether oxygens (including phenoxy) is 2. The van der Waals surface area contributed by atoms with Crippen LogP contribution in [0.15, 0.2) is 42.6 Å². The van der Waals surface area contributed by atoms with Crippen molar-refractivity contribution in [1.82, 2.24) is 4.98 Å². The van der Waals surface area contributed by atoms with Gasteiger partial charge in [0.2, 0.25) is 5.88 Å². The molecule has 0 aliphatic carbocycles. The van der Waals surface area contributed by atoms with Gasteiger partial charge in [-0.15, -0.1) is 0 Å². The summed E-state index contributed by atoms with van der Waals surface area (Å²) in [4.78, 5) is 16.3. The standard InChI is InChI=1S/C17H20N2O3S/c1-21-9-10-22-16-8-7-15(11-18-16)19-17(20)14-5-3-13(4-6-14)12-23-2/h3-8,11H,9-10,12H2,1-2H3,(H,19,20). The number of thioether (sulfide) groups is 1. The van der Waals surface area contributed by atoms with Crippen LogP contribution in [0.4, 0.5) is 5.69 Å². The fourth-order valence-electron chi connectivity index (χ4n) is 1.89. The van der Waals surface area contributed by atoms with E-state index in [1.807, 2.05) is 24.3 Å². The van der Waals surface area contributed by atoms with Gasteiger partial charge in [-0.2, -0.15) is 11.8 Å². The molecule has 0 aliphatic rings. The molecule has 1 heterocycles. The third kappa shape index (κ3) is 5.58. The van der Waals surface area contributed by atoms with Crippen LogP contribution in [-0.4, -0.2) is 37.5 Å². The molecule has 1 aromatic carbocycles. The van der Waals surface area contributed by atoms with E-state index in [9.17, 15) is 4.79 Å². The van der Waals surface area contributed by atoms with E-state index >= 15 is 0 Å². The maximum atomic E-state index is 12.2. The van der Waals surface area contributed by atoms with E-state index in [2.05, 4.69) is 16.6 Å². The number of hydrogen-bond acceptors (Lipinski definition) is 5. The molecule has 0 fully saturated rings. The Hall–Kier alpha value is -2.05. The van der Waals surface area contributed by atoms with Crippen LogP contribution in [-0.2, 0) is 10.5 Å². The summed E-state index contributed by atoms with van der Waals surface area (Å²) in [6, 6.07) is 11.1. The zero-order chi connectivity index (χ0) is 16.5. The van der Waals surface area contributed by atoms with Gasteiger partial charge in [0.05, 0.1) is 18.5 Å². The first kappa shape index (κ1) is 17.3. The van der Waals surface area contributed by atoms with Crippen LogP contribution in [0.2, 0.25) is 0 Å². The van der Waals surface area contributed by atoms with E-state index < -0.39 is 0 Å². The number of carbonyl (C=O) groups excluding carboxylic acids is 1. The molecule has 6 heteroatoms.